The van der Waals surface area contributed by atoms with Crippen molar-refractivity contribution in [1.29, 1.82) is 0 Å². The molecule has 20 heavy (non-hydrogen) atoms. The lowest BCUT2D eigenvalue weighted by Crippen LogP contribution is -2.37. The van der Waals surface area contributed by atoms with Gasteiger partial charge in [-0.1, -0.05) is 6.07 Å². The number of nitrogens with one attached hydrogen (secondary N) is 2. The third-order valence-electron chi connectivity index (χ3n) is 2.82. The number of rotatable bonds is 8. The van der Waals surface area contributed by atoms with Crippen LogP contribution in [0.4, 0.5) is 0 Å². The van der Waals surface area contributed by atoms with Crippen molar-refractivity contribution < 1.29 is 4.74 Å². The Hall–Kier alpha value is -1.62. The smallest absolute Gasteiger partial charge is 0.191 e. The third kappa shape index (κ3) is 7.09. The van der Waals surface area contributed by atoms with Crippen LogP contribution in [-0.2, 0) is 11.3 Å². The molecule has 0 saturated heterocycles. The van der Waals surface area contributed by atoms with Gasteiger partial charge in [-0.2, -0.15) is 0 Å². The van der Waals surface area contributed by atoms with Crippen molar-refractivity contribution in [2.24, 2.45) is 4.99 Å². The molecule has 0 unspecified atom stereocenters. The highest BCUT2D eigenvalue weighted by molar-refractivity contribution is 5.79. The zero-order chi connectivity index (χ0) is 14.6. The number of aromatic nitrogens is 1. The van der Waals surface area contributed by atoms with E-state index in [1.807, 2.05) is 32.0 Å². The Morgan fingerprint density at radius 3 is 2.85 bits per heavy atom. The van der Waals surface area contributed by atoms with Gasteiger partial charge in [-0.3, -0.25) is 9.98 Å². The molecular formula is C15H26N4O. The molecule has 0 aromatic carbocycles. The number of hydrogen-bond acceptors (Lipinski definition) is 3. The minimum Gasteiger partial charge on any atom is -0.382 e. The van der Waals surface area contributed by atoms with E-state index in [9.17, 15) is 0 Å². The number of aliphatic imine (C=N–C) groups is 1. The van der Waals surface area contributed by atoms with E-state index in [1.165, 1.54) is 0 Å². The van der Waals surface area contributed by atoms with E-state index in [4.69, 9.17) is 4.74 Å². The summed E-state index contributed by atoms with van der Waals surface area (Å²) >= 11 is 0. The van der Waals surface area contributed by atoms with Crippen molar-refractivity contribution in [3.63, 3.8) is 0 Å². The molecule has 1 rings (SSSR count). The maximum absolute atomic E-state index is 5.30. The molecule has 5 nitrogen and oxygen atoms in total. The molecule has 0 saturated carbocycles. The fourth-order valence-electron chi connectivity index (χ4n) is 1.77. The van der Waals surface area contributed by atoms with Crippen LogP contribution >= 0.6 is 0 Å². The van der Waals surface area contributed by atoms with Gasteiger partial charge >= 0.3 is 0 Å². The number of hydrogen-bond donors (Lipinski definition) is 2. The second-order valence-corrected chi connectivity index (χ2v) is 4.53. The summed E-state index contributed by atoms with van der Waals surface area (Å²) in [5.41, 5.74) is 2.05. The number of guanidine groups is 1. The molecule has 0 aliphatic heterocycles. The topological polar surface area (TPSA) is 58.5 Å². The van der Waals surface area contributed by atoms with Gasteiger partial charge in [-0.15, -0.1) is 0 Å². The van der Waals surface area contributed by atoms with E-state index in [0.717, 1.165) is 49.9 Å². The molecule has 0 aliphatic carbocycles. The van der Waals surface area contributed by atoms with Crippen molar-refractivity contribution >= 4 is 5.96 Å². The fraction of sp³-hybridized carbons (Fsp3) is 0.600. The van der Waals surface area contributed by atoms with Crippen LogP contribution in [0.2, 0.25) is 0 Å². The SMILES string of the molecule is CCOCCCCNC(=NC)NCc1cccc(C)n1. The van der Waals surface area contributed by atoms with Crippen LogP contribution < -0.4 is 10.6 Å². The Balaban J connectivity index is 2.20. The Bertz CT molecular complexity index is 407. The first-order chi connectivity index (χ1) is 9.76. The number of aryl methyl sites for hydroxylation is 1. The fourth-order valence-corrected chi connectivity index (χ4v) is 1.77. The van der Waals surface area contributed by atoms with Crippen molar-refractivity contribution in [3.8, 4) is 0 Å². The lowest BCUT2D eigenvalue weighted by Gasteiger charge is -2.11. The highest BCUT2D eigenvalue weighted by Gasteiger charge is 1.99. The van der Waals surface area contributed by atoms with Crippen LogP contribution in [0.25, 0.3) is 0 Å². The van der Waals surface area contributed by atoms with E-state index in [0.29, 0.717) is 6.54 Å². The van der Waals surface area contributed by atoms with Gasteiger partial charge in [-0.05, 0) is 38.8 Å². The summed E-state index contributed by atoms with van der Waals surface area (Å²) in [6.07, 6.45) is 2.14. The molecule has 1 heterocycles. The minimum absolute atomic E-state index is 0.681. The van der Waals surface area contributed by atoms with E-state index in [1.54, 1.807) is 7.05 Å². The minimum atomic E-state index is 0.681. The second kappa shape index (κ2) is 10.2. The van der Waals surface area contributed by atoms with Crippen LogP contribution in [0.1, 0.15) is 31.2 Å². The molecule has 1 aromatic heterocycles. The summed E-state index contributed by atoms with van der Waals surface area (Å²) in [6.45, 7) is 7.21. The van der Waals surface area contributed by atoms with Gasteiger partial charge in [0.25, 0.3) is 0 Å². The average molecular weight is 278 g/mol. The quantitative estimate of drug-likeness (QED) is 0.433. The van der Waals surface area contributed by atoms with Crippen LogP contribution in [-0.4, -0.2) is 37.7 Å². The standard InChI is InChI=1S/C15H26N4O/c1-4-20-11-6-5-10-17-15(16-3)18-12-14-9-7-8-13(2)19-14/h7-9H,4-6,10-12H2,1-3H3,(H2,16,17,18). The highest BCUT2D eigenvalue weighted by Crippen LogP contribution is 1.97. The van der Waals surface area contributed by atoms with E-state index in [-0.39, 0.29) is 0 Å². The van der Waals surface area contributed by atoms with Crippen LogP contribution in [0, 0.1) is 6.92 Å². The van der Waals surface area contributed by atoms with Crippen LogP contribution in [0.5, 0.6) is 0 Å². The van der Waals surface area contributed by atoms with Gasteiger partial charge < -0.3 is 15.4 Å². The van der Waals surface area contributed by atoms with Gasteiger partial charge in [0, 0.05) is 32.5 Å². The van der Waals surface area contributed by atoms with Crippen molar-refractivity contribution in [2.75, 3.05) is 26.8 Å². The summed E-state index contributed by atoms with van der Waals surface area (Å²) in [4.78, 5) is 8.64. The number of nitrogens with zero attached hydrogens (tertiary/aromatic N) is 2. The molecule has 112 valence electrons. The summed E-state index contributed by atoms with van der Waals surface area (Å²) in [5, 5.41) is 6.55. The lowest BCUT2D eigenvalue weighted by molar-refractivity contribution is 0.143. The molecule has 0 fully saturated rings. The summed E-state index contributed by atoms with van der Waals surface area (Å²) in [7, 11) is 1.78. The Morgan fingerprint density at radius 1 is 1.30 bits per heavy atom. The van der Waals surface area contributed by atoms with Gasteiger partial charge in [0.2, 0.25) is 0 Å². The average Bonchev–Trinajstić information content (AvgIpc) is 2.46. The first-order valence-electron chi connectivity index (χ1n) is 7.21. The zero-order valence-corrected chi connectivity index (χ0v) is 12.8. The molecule has 0 spiro atoms. The molecule has 0 aliphatic rings. The zero-order valence-electron chi connectivity index (χ0n) is 12.8. The van der Waals surface area contributed by atoms with Crippen molar-refractivity contribution in [3.05, 3.63) is 29.6 Å². The second-order valence-electron chi connectivity index (χ2n) is 4.53. The molecule has 0 radical (unpaired) electrons. The summed E-state index contributed by atoms with van der Waals surface area (Å²) in [5.74, 6) is 0.810. The van der Waals surface area contributed by atoms with Gasteiger partial charge in [-0.25, -0.2) is 0 Å². The monoisotopic (exact) mass is 278 g/mol. The third-order valence-corrected chi connectivity index (χ3v) is 2.82. The van der Waals surface area contributed by atoms with Gasteiger partial charge in [0.05, 0.1) is 12.2 Å². The molecule has 0 amide bonds. The predicted octanol–water partition coefficient (Wildman–Crippen LogP) is 1.87. The molecule has 0 atom stereocenters. The molecule has 0 bridgehead atoms. The maximum Gasteiger partial charge on any atom is 0.191 e. The molecule has 1 aromatic rings. The first kappa shape index (κ1) is 16.4. The highest BCUT2D eigenvalue weighted by atomic mass is 16.5. The Morgan fingerprint density at radius 2 is 2.15 bits per heavy atom. The normalized spacial score (nSPS) is 11.4. The molecular weight excluding hydrogens is 252 g/mol. The van der Waals surface area contributed by atoms with E-state index in [2.05, 4.69) is 20.6 Å². The van der Waals surface area contributed by atoms with Crippen LogP contribution in [0.3, 0.4) is 0 Å². The maximum atomic E-state index is 5.30. The number of ether oxygens (including phenoxy) is 1. The Labute approximate surface area is 121 Å². The summed E-state index contributed by atoms with van der Waals surface area (Å²) < 4.78 is 5.30. The van der Waals surface area contributed by atoms with E-state index >= 15 is 0 Å². The van der Waals surface area contributed by atoms with Gasteiger partial charge in [0.1, 0.15) is 0 Å². The van der Waals surface area contributed by atoms with Crippen molar-refractivity contribution in [1.82, 2.24) is 15.6 Å². The Kier molecular flexibility index (Phi) is 8.38. The van der Waals surface area contributed by atoms with Crippen molar-refractivity contribution in [2.45, 2.75) is 33.2 Å². The van der Waals surface area contributed by atoms with Gasteiger partial charge in [0.15, 0.2) is 5.96 Å². The number of pyridine rings is 1. The molecule has 2 N–H and O–H groups in total. The lowest BCUT2D eigenvalue weighted by atomic mass is 10.3. The van der Waals surface area contributed by atoms with E-state index < -0.39 is 0 Å². The first-order valence-corrected chi connectivity index (χ1v) is 7.21. The summed E-state index contributed by atoms with van der Waals surface area (Å²) in [6, 6.07) is 6.02. The van der Waals surface area contributed by atoms with Crippen LogP contribution in [0.15, 0.2) is 23.2 Å². The predicted molar refractivity (Wildman–Crippen MR) is 82.9 cm³/mol. The molecule has 5 heteroatoms. The number of unbranched alkanes of at least 4 members (excludes halogenated alkanes) is 1. The largest absolute Gasteiger partial charge is 0.382 e.